The highest BCUT2D eigenvalue weighted by Gasteiger charge is 2.59. The number of carbonyl (C=O) groups is 1. The minimum Gasteiger partial charge on any atom is -0.462 e. The number of rotatable bonds is 6. The zero-order valence-electron chi connectivity index (χ0n) is 31.4. The molecule has 13 nitrogen and oxygen atoms in total. The topological polar surface area (TPSA) is 161 Å². The summed E-state index contributed by atoms with van der Waals surface area (Å²) in [5.74, 6) is -1.70. The van der Waals surface area contributed by atoms with Crippen LogP contribution in [0.25, 0.3) is 0 Å². The Kier molecular flexibility index (Phi) is 12.8. The lowest BCUT2D eigenvalue weighted by Gasteiger charge is -2.44. The molecule has 2 bridgehead atoms. The molecule has 292 valence electrons. The van der Waals surface area contributed by atoms with E-state index in [4.69, 9.17) is 42.6 Å². The van der Waals surface area contributed by atoms with Gasteiger partial charge in [-0.1, -0.05) is 37.3 Å². The highest BCUT2D eigenvalue weighted by Crippen LogP contribution is 2.46. The molecule has 0 aromatic carbocycles. The van der Waals surface area contributed by atoms with E-state index in [0.29, 0.717) is 49.9 Å². The highest BCUT2D eigenvalue weighted by molar-refractivity contribution is 5.78. The van der Waals surface area contributed by atoms with Crippen molar-refractivity contribution in [2.75, 3.05) is 27.4 Å². The Morgan fingerprint density at radius 1 is 0.885 bits per heavy atom. The summed E-state index contributed by atoms with van der Waals surface area (Å²) in [7, 11) is 3.21. The Labute approximate surface area is 306 Å². The second-order valence-electron chi connectivity index (χ2n) is 15.3. The third-order valence-corrected chi connectivity index (χ3v) is 11.7. The summed E-state index contributed by atoms with van der Waals surface area (Å²) < 4.78 is 55.0. The quantitative estimate of drug-likeness (QED) is 0.270. The molecular formula is C39H58O13. The normalized spacial score (nSPS) is 46.1. The summed E-state index contributed by atoms with van der Waals surface area (Å²) in [6, 6.07) is 0. The van der Waals surface area contributed by atoms with E-state index in [1.165, 1.54) is 0 Å². The van der Waals surface area contributed by atoms with Gasteiger partial charge in [0.2, 0.25) is 0 Å². The Morgan fingerprint density at radius 3 is 2.35 bits per heavy atom. The molecule has 0 aromatic heterocycles. The van der Waals surface area contributed by atoms with Gasteiger partial charge in [0.05, 0.1) is 49.8 Å². The first-order chi connectivity index (χ1) is 24.8. The number of ether oxygens (including phenoxy) is 9. The van der Waals surface area contributed by atoms with Gasteiger partial charge in [-0.25, -0.2) is 0 Å². The van der Waals surface area contributed by atoms with Crippen molar-refractivity contribution in [1.29, 1.82) is 0 Å². The largest absolute Gasteiger partial charge is 0.462 e. The second-order valence-corrected chi connectivity index (χ2v) is 15.3. The van der Waals surface area contributed by atoms with Crippen LogP contribution in [-0.2, 0) is 47.4 Å². The molecule has 0 spiro atoms. The Balaban J connectivity index is 1.23. The molecule has 0 amide bonds. The number of methoxy groups -OCH3 is 2. The van der Waals surface area contributed by atoms with Crippen molar-refractivity contribution in [1.82, 2.24) is 0 Å². The van der Waals surface area contributed by atoms with Crippen molar-refractivity contribution >= 4 is 5.97 Å². The number of aliphatic hydroxyl groups excluding tert-OH is 2. The number of hydrogen-bond acceptors (Lipinski definition) is 13. The average Bonchev–Trinajstić information content (AvgIpc) is 3.46. The molecule has 3 unspecified atom stereocenters. The molecule has 13 heteroatoms. The zero-order valence-corrected chi connectivity index (χ0v) is 31.4. The van der Waals surface area contributed by atoms with Crippen molar-refractivity contribution in [2.45, 2.75) is 152 Å². The van der Waals surface area contributed by atoms with Gasteiger partial charge in [0, 0.05) is 45.8 Å². The highest BCUT2D eigenvalue weighted by atomic mass is 16.7. The molecule has 3 N–H and O–H groups in total. The second kappa shape index (κ2) is 16.8. The summed E-state index contributed by atoms with van der Waals surface area (Å²) in [5.41, 5.74) is 0.289. The van der Waals surface area contributed by atoms with E-state index in [-0.39, 0.29) is 36.9 Å². The van der Waals surface area contributed by atoms with Crippen molar-refractivity contribution in [3.05, 3.63) is 47.1 Å². The van der Waals surface area contributed by atoms with E-state index in [9.17, 15) is 20.1 Å². The maximum absolute atomic E-state index is 13.7. The average molecular weight is 735 g/mol. The lowest BCUT2D eigenvalue weighted by atomic mass is 9.71. The maximum Gasteiger partial charge on any atom is 0.316 e. The molecule has 1 aliphatic carbocycles. The van der Waals surface area contributed by atoms with Gasteiger partial charge in [-0.15, -0.1) is 0 Å². The Morgan fingerprint density at radius 2 is 1.60 bits per heavy atom. The standard InChI is InChI=1S/C39H58O13/c1-20-9-8-10-25-19-47-37-33(40)22(3)15-28(39(25,37)43)38(42)50-27-13-14-46-26(16-27)12-11-21(2)35(20)51-32-18-30(45-7)36(24(5)49-32)52-31-17-29(44-6)34(41)23(4)48-31/h8-11,15,20,23-24,26-37,40-41,43H,12-14,16-19H2,1-7H3/t20-,23-,24-,26+,27+,28-,29-,30-,31?,32-,33+,34-,35?,36-,37+,39?/m0/s1. The van der Waals surface area contributed by atoms with E-state index in [1.54, 1.807) is 40.2 Å². The summed E-state index contributed by atoms with van der Waals surface area (Å²) in [6.45, 7) is 10.1. The monoisotopic (exact) mass is 734 g/mol. The third kappa shape index (κ3) is 8.16. The molecule has 6 aliphatic rings. The fraction of sp³-hybridized carbons (Fsp3) is 0.769. The van der Waals surface area contributed by atoms with E-state index in [1.807, 2.05) is 26.0 Å². The van der Waals surface area contributed by atoms with Gasteiger partial charge in [-0.2, -0.15) is 0 Å². The zero-order chi connectivity index (χ0) is 37.3. The van der Waals surface area contributed by atoms with Gasteiger partial charge >= 0.3 is 5.97 Å². The summed E-state index contributed by atoms with van der Waals surface area (Å²) >= 11 is 0. The van der Waals surface area contributed by atoms with Crippen molar-refractivity contribution in [3.8, 4) is 0 Å². The number of allylic oxidation sites excluding steroid dienone is 2. The van der Waals surface area contributed by atoms with Crippen LogP contribution >= 0.6 is 0 Å². The van der Waals surface area contributed by atoms with E-state index < -0.39 is 72.8 Å². The molecule has 0 saturated carbocycles. The van der Waals surface area contributed by atoms with Crippen LogP contribution in [-0.4, -0.2) is 134 Å². The fourth-order valence-electron chi connectivity index (χ4n) is 8.54. The van der Waals surface area contributed by atoms with E-state index >= 15 is 0 Å². The third-order valence-electron chi connectivity index (χ3n) is 11.7. The molecule has 16 atom stereocenters. The number of aliphatic hydroxyl groups is 3. The predicted octanol–water partition coefficient (Wildman–Crippen LogP) is 3.04. The number of hydrogen-bond donors (Lipinski definition) is 3. The molecule has 52 heavy (non-hydrogen) atoms. The number of fused-ring (bicyclic) bond motifs is 2. The van der Waals surface area contributed by atoms with Gasteiger partial charge in [-0.3, -0.25) is 4.79 Å². The van der Waals surface area contributed by atoms with Crippen LogP contribution in [0.3, 0.4) is 0 Å². The van der Waals surface area contributed by atoms with E-state index in [0.717, 1.165) is 5.57 Å². The van der Waals surface area contributed by atoms with Crippen LogP contribution in [0.2, 0.25) is 0 Å². The smallest absolute Gasteiger partial charge is 0.316 e. The predicted molar refractivity (Wildman–Crippen MR) is 187 cm³/mol. The van der Waals surface area contributed by atoms with Gasteiger partial charge in [-0.05, 0) is 50.8 Å². The van der Waals surface area contributed by atoms with Crippen LogP contribution < -0.4 is 0 Å². The lowest BCUT2D eigenvalue weighted by molar-refractivity contribution is -0.318. The number of esters is 1. The Bertz CT molecular complexity index is 1380. The fourth-order valence-corrected chi connectivity index (χ4v) is 8.54. The van der Waals surface area contributed by atoms with Crippen molar-refractivity contribution in [3.63, 3.8) is 0 Å². The minimum absolute atomic E-state index is 0.0625. The van der Waals surface area contributed by atoms with Crippen LogP contribution in [0, 0.1) is 11.8 Å². The first-order valence-electron chi connectivity index (χ1n) is 18.8. The van der Waals surface area contributed by atoms with Crippen LogP contribution in [0.15, 0.2) is 47.1 Å². The molecule has 5 heterocycles. The minimum atomic E-state index is -1.76. The molecule has 0 radical (unpaired) electrons. The molecule has 4 saturated heterocycles. The summed E-state index contributed by atoms with van der Waals surface area (Å²) in [6.07, 6.45) is 4.85. The van der Waals surface area contributed by atoms with Crippen LogP contribution in [0.4, 0.5) is 0 Å². The lowest BCUT2D eigenvalue weighted by Crippen LogP contribution is -2.57. The van der Waals surface area contributed by atoms with Gasteiger partial charge < -0.3 is 58.0 Å². The number of carbonyl (C=O) groups excluding carboxylic acids is 1. The summed E-state index contributed by atoms with van der Waals surface area (Å²) in [5, 5.41) is 33.5. The Hall–Kier alpha value is -2.01. The van der Waals surface area contributed by atoms with Crippen molar-refractivity contribution < 1.29 is 62.7 Å². The first-order valence-corrected chi connectivity index (χ1v) is 18.8. The summed E-state index contributed by atoms with van der Waals surface area (Å²) in [4.78, 5) is 13.7. The molecule has 6 rings (SSSR count). The molecule has 4 fully saturated rings. The van der Waals surface area contributed by atoms with Crippen LogP contribution in [0.1, 0.15) is 66.7 Å². The molecule has 5 aliphatic heterocycles. The van der Waals surface area contributed by atoms with Gasteiger partial charge in [0.15, 0.2) is 12.6 Å². The van der Waals surface area contributed by atoms with Crippen LogP contribution in [0.5, 0.6) is 0 Å². The first kappa shape index (κ1) is 39.7. The van der Waals surface area contributed by atoms with Crippen molar-refractivity contribution in [2.24, 2.45) is 11.8 Å². The molecule has 0 aromatic rings. The van der Waals surface area contributed by atoms with Gasteiger partial charge in [0.25, 0.3) is 0 Å². The molecular weight excluding hydrogens is 676 g/mol. The maximum atomic E-state index is 13.7. The van der Waals surface area contributed by atoms with Gasteiger partial charge in [0.1, 0.15) is 42.0 Å². The van der Waals surface area contributed by atoms with E-state index in [2.05, 4.69) is 13.0 Å². The SMILES string of the molecule is CO[C@H]1CC(O[C@H]2[C@H](C)O[C@@H](OC3C(C)=CC[C@@H]4C[C@@H](CCO4)OC(=O)[C@@H]4C=C(C)[C@@H](O)[C@H]5OCC(=CC=C[C@@H]3C)C54O)C[C@@H]2OC)O[C@@H](C)[C@@H]1O.